The van der Waals surface area contributed by atoms with E-state index in [9.17, 15) is 9.59 Å². The molecule has 0 heterocycles. The van der Waals surface area contributed by atoms with Crippen molar-refractivity contribution in [1.82, 2.24) is 10.6 Å². The molecule has 0 radical (unpaired) electrons. The number of rotatable bonds is 8. The Morgan fingerprint density at radius 2 is 1.62 bits per heavy atom. The highest BCUT2D eigenvalue weighted by atomic mass is 16.5. The van der Waals surface area contributed by atoms with Gasteiger partial charge in [-0.15, -0.1) is 0 Å². The molecule has 0 unspecified atom stereocenters. The van der Waals surface area contributed by atoms with Crippen molar-refractivity contribution in [3.8, 4) is 0 Å². The van der Waals surface area contributed by atoms with Gasteiger partial charge in [-0.25, -0.2) is 0 Å². The van der Waals surface area contributed by atoms with E-state index < -0.39 is 0 Å². The molecule has 0 aliphatic heterocycles. The Bertz CT molecular complexity index is 1430. The Balaban J connectivity index is 1.28. The highest BCUT2D eigenvalue weighted by Crippen LogP contribution is 2.77. The van der Waals surface area contributed by atoms with E-state index in [2.05, 4.69) is 96.0 Å². The molecule has 9 atom stereocenters. The molecule has 4 fully saturated rings. The number of esters is 1. The molecule has 1 aromatic carbocycles. The average Bonchev–Trinajstić information content (AvgIpc) is 3.43. The SMILES string of the molecule is C=C(C)[C@@H]1CC[C@]2(C(=O)NCCNCC(=O)OC)CC[C@]3(C)[C@H](CC[C@@H]4[C@@]5(C)CC=C(c6ccc(C)cc6)C(C)(C)[C@@H]5CC[C@]43C)[C@@H]12. The fourth-order valence-electron chi connectivity index (χ4n) is 13.1. The zero-order valence-corrected chi connectivity index (χ0v) is 30.7. The minimum Gasteiger partial charge on any atom is -0.468 e. The third-order valence-corrected chi connectivity index (χ3v) is 15.5. The number of benzene rings is 1. The topological polar surface area (TPSA) is 67.4 Å². The lowest BCUT2D eigenvalue weighted by Crippen LogP contribution is -2.66. The van der Waals surface area contributed by atoms with E-state index in [0.29, 0.717) is 42.7 Å². The van der Waals surface area contributed by atoms with Gasteiger partial charge in [0, 0.05) is 13.1 Å². The number of ether oxygens (including phenoxy) is 1. The molecule has 47 heavy (non-hydrogen) atoms. The summed E-state index contributed by atoms with van der Waals surface area (Å²) < 4.78 is 4.74. The van der Waals surface area contributed by atoms with E-state index in [-0.39, 0.29) is 45.5 Å². The summed E-state index contributed by atoms with van der Waals surface area (Å²) in [6.45, 7) is 23.2. The van der Waals surface area contributed by atoms with Crippen LogP contribution >= 0.6 is 0 Å². The molecule has 5 heteroatoms. The second-order valence-electron chi connectivity index (χ2n) is 17.8. The lowest BCUT2D eigenvalue weighted by molar-refractivity contribution is -0.225. The van der Waals surface area contributed by atoms with Crippen molar-refractivity contribution >= 4 is 17.4 Å². The third kappa shape index (κ3) is 5.19. The molecule has 4 saturated carbocycles. The normalized spacial score (nSPS) is 40.2. The van der Waals surface area contributed by atoms with Gasteiger partial charge < -0.3 is 15.4 Å². The smallest absolute Gasteiger partial charge is 0.319 e. The van der Waals surface area contributed by atoms with Crippen molar-refractivity contribution in [2.75, 3.05) is 26.7 Å². The number of amides is 1. The zero-order valence-electron chi connectivity index (χ0n) is 30.7. The van der Waals surface area contributed by atoms with Crippen LogP contribution in [0.1, 0.15) is 110 Å². The number of hydrogen-bond donors (Lipinski definition) is 2. The van der Waals surface area contributed by atoms with Crippen molar-refractivity contribution in [1.29, 1.82) is 0 Å². The van der Waals surface area contributed by atoms with Crippen molar-refractivity contribution in [2.24, 2.45) is 56.7 Å². The summed E-state index contributed by atoms with van der Waals surface area (Å²) >= 11 is 0. The summed E-state index contributed by atoms with van der Waals surface area (Å²) in [6.07, 6.45) is 13.0. The molecule has 2 N–H and O–H groups in total. The van der Waals surface area contributed by atoms with Gasteiger partial charge in [-0.1, -0.05) is 82.7 Å². The maximum Gasteiger partial charge on any atom is 0.319 e. The minimum atomic E-state index is -0.320. The Labute approximate surface area is 285 Å². The fourth-order valence-corrected chi connectivity index (χ4v) is 13.1. The van der Waals surface area contributed by atoms with E-state index in [1.807, 2.05) is 0 Å². The van der Waals surface area contributed by atoms with Crippen LogP contribution in [0.15, 0.2) is 42.5 Å². The largest absolute Gasteiger partial charge is 0.468 e. The van der Waals surface area contributed by atoms with E-state index in [0.717, 1.165) is 25.7 Å². The van der Waals surface area contributed by atoms with E-state index >= 15 is 0 Å². The van der Waals surface area contributed by atoms with Crippen LogP contribution in [0.5, 0.6) is 0 Å². The average molecular weight is 643 g/mol. The minimum absolute atomic E-state index is 0.128. The molecule has 5 nitrogen and oxygen atoms in total. The maximum absolute atomic E-state index is 14.3. The van der Waals surface area contributed by atoms with Gasteiger partial charge in [-0.3, -0.25) is 9.59 Å². The Kier molecular flexibility index (Phi) is 8.93. The molecular weight excluding hydrogens is 580 g/mol. The van der Waals surface area contributed by atoms with Crippen LogP contribution in [0.3, 0.4) is 0 Å². The molecule has 1 aromatic rings. The predicted molar refractivity (Wildman–Crippen MR) is 191 cm³/mol. The Morgan fingerprint density at radius 1 is 0.894 bits per heavy atom. The molecule has 0 bridgehead atoms. The standard InChI is InChI=1S/C42H62N2O3/c1-27(2)30-16-21-42(37(46)44-25-24-43-26-35(45)47-9)23-22-40(7)32(36(30)42)14-15-34-39(6)19-17-31(29-12-10-28(3)11-13-29)38(4,5)33(39)18-20-41(34,40)8/h10-13,17,30,32-34,36,43H,1,14-16,18-26H2,2-9H3,(H,44,46)/t30-,32+,33-,34+,36+,39-,40+,41+,42-/m0/s1. The number of fused-ring (bicyclic) bond motifs is 7. The van der Waals surface area contributed by atoms with Gasteiger partial charge in [0.1, 0.15) is 0 Å². The van der Waals surface area contributed by atoms with Crippen LogP contribution in [-0.4, -0.2) is 38.6 Å². The van der Waals surface area contributed by atoms with Crippen LogP contribution in [0.4, 0.5) is 0 Å². The number of allylic oxidation sites excluding steroid dienone is 3. The first kappa shape index (κ1) is 34.5. The van der Waals surface area contributed by atoms with Crippen LogP contribution in [0.2, 0.25) is 0 Å². The fraction of sp³-hybridized carbons (Fsp3) is 0.714. The number of hydrogen-bond acceptors (Lipinski definition) is 4. The number of nitrogens with one attached hydrogen (secondary N) is 2. The first-order valence-electron chi connectivity index (χ1n) is 18.6. The molecule has 0 aromatic heterocycles. The van der Waals surface area contributed by atoms with Crippen LogP contribution < -0.4 is 10.6 Å². The summed E-state index contributed by atoms with van der Waals surface area (Å²) in [5.74, 6) is 2.57. The number of carbonyl (C=O) groups excluding carboxylic acids is 2. The summed E-state index contributed by atoms with van der Waals surface area (Å²) in [4.78, 5) is 25.8. The molecular formula is C42H62N2O3. The number of carbonyl (C=O) groups is 2. The van der Waals surface area contributed by atoms with Gasteiger partial charge >= 0.3 is 5.97 Å². The molecule has 6 rings (SSSR count). The lowest BCUT2D eigenvalue weighted by atomic mass is 9.32. The molecule has 1 amide bonds. The molecule has 5 aliphatic rings. The first-order chi connectivity index (χ1) is 22.2. The highest BCUT2D eigenvalue weighted by Gasteiger charge is 2.71. The van der Waals surface area contributed by atoms with Crippen molar-refractivity contribution in [3.05, 3.63) is 53.6 Å². The number of aryl methyl sites for hydroxylation is 1. The first-order valence-corrected chi connectivity index (χ1v) is 18.6. The van der Waals surface area contributed by atoms with Gasteiger partial charge in [-0.05, 0) is 134 Å². The second kappa shape index (κ2) is 12.2. The van der Waals surface area contributed by atoms with Crippen LogP contribution in [0.25, 0.3) is 5.57 Å². The van der Waals surface area contributed by atoms with Gasteiger partial charge in [0.2, 0.25) is 5.91 Å². The molecule has 258 valence electrons. The summed E-state index contributed by atoms with van der Waals surface area (Å²) in [5, 5.41) is 6.43. The van der Waals surface area contributed by atoms with E-state index in [4.69, 9.17) is 4.74 Å². The summed E-state index contributed by atoms with van der Waals surface area (Å²) in [7, 11) is 1.40. The van der Waals surface area contributed by atoms with E-state index in [1.165, 1.54) is 55.9 Å². The summed E-state index contributed by atoms with van der Waals surface area (Å²) in [5.41, 5.74) is 6.06. The summed E-state index contributed by atoms with van der Waals surface area (Å²) in [6, 6.07) is 9.22. The predicted octanol–water partition coefficient (Wildman–Crippen LogP) is 8.52. The van der Waals surface area contributed by atoms with Gasteiger partial charge in [0.25, 0.3) is 0 Å². The maximum atomic E-state index is 14.3. The lowest BCUT2D eigenvalue weighted by Gasteiger charge is -2.72. The third-order valence-electron chi connectivity index (χ3n) is 15.5. The second-order valence-corrected chi connectivity index (χ2v) is 17.8. The Morgan fingerprint density at radius 3 is 2.30 bits per heavy atom. The van der Waals surface area contributed by atoms with Crippen molar-refractivity contribution in [2.45, 2.75) is 106 Å². The molecule has 0 saturated heterocycles. The van der Waals surface area contributed by atoms with Gasteiger partial charge in [0.15, 0.2) is 0 Å². The van der Waals surface area contributed by atoms with Crippen LogP contribution in [0, 0.1) is 63.6 Å². The monoisotopic (exact) mass is 642 g/mol. The highest BCUT2D eigenvalue weighted by molar-refractivity contribution is 5.84. The number of methoxy groups -OCH3 is 1. The Hall–Kier alpha value is -2.40. The molecule has 5 aliphatic carbocycles. The molecule has 0 spiro atoms. The zero-order chi connectivity index (χ0) is 34.0. The van der Waals surface area contributed by atoms with Crippen molar-refractivity contribution < 1.29 is 14.3 Å². The van der Waals surface area contributed by atoms with Gasteiger partial charge in [-0.2, -0.15) is 0 Å². The van der Waals surface area contributed by atoms with Crippen molar-refractivity contribution in [3.63, 3.8) is 0 Å². The quantitative estimate of drug-likeness (QED) is 0.170. The van der Waals surface area contributed by atoms with E-state index in [1.54, 1.807) is 5.57 Å². The van der Waals surface area contributed by atoms with Gasteiger partial charge in [0.05, 0.1) is 19.1 Å². The van der Waals surface area contributed by atoms with Crippen LogP contribution in [-0.2, 0) is 14.3 Å².